The molecular weight excluding hydrogens is 354 g/mol. The maximum absolute atomic E-state index is 12.9. The smallest absolute Gasteiger partial charge is 0.274 e. The lowest BCUT2D eigenvalue weighted by atomic mass is 10.0. The fourth-order valence-electron chi connectivity index (χ4n) is 4.69. The van der Waals surface area contributed by atoms with Crippen LogP contribution in [0.3, 0.4) is 0 Å². The molecular formula is C20H25N7O. The van der Waals surface area contributed by atoms with Gasteiger partial charge < -0.3 is 14.7 Å². The van der Waals surface area contributed by atoms with Gasteiger partial charge in [-0.05, 0) is 31.4 Å². The van der Waals surface area contributed by atoms with Crippen molar-refractivity contribution in [2.24, 2.45) is 11.8 Å². The minimum atomic E-state index is -0.00172. The number of nitrogens with zero attached hydrogens (tertiary/aromatic N) is 7. The second-order valence-electron chi connectivity index (χ2n) is 8.02. The monoisotopic (exact) mass is 379 g/mol. The summed E-state index contributed by atoms with van der Waals surface area (Å²) >= 11 is 0. The molecule has 0 aliphatic carbocycles. The van der Waals surface area contributed by atoms with Gasteiger partial charge in [0, 0.05) is 63.5 Å². The fraction of sp³-hybridized carbons (Fsp3) is 0.550. The lowest BCUT2D eigenvalue weighted by molar-refractivity contribution is 0.0775. The van der Waals surface area contributed by atoms with Crippen molar-refractivity contribution in [2.75, 3.05) is 49.1 Å². The summed E-state index contributed by atoms with van der Waals surface area (Å²) < 4.78 is 0. The Morgan fingerprint density at radius 2 is 1.64 bits per heavy atom. The molecule has 3 aliphatic rings. The normalized spacial score (nSPS) is 24.5. The van der Waals surface area contributed by atoms with Crippen molar-refractivity contribution in [3.63, 3.8) is 0 Å². The maximum atomic E-state index is 12.9. The molecule has 2 aromatic heterocycles. The van der Waals surface area contributed by atoms with E-state index in [9.17, 15) is 4.79 Å². The maximum Gasteiger partial charge on any atom is 0.274 e. The molecule has 5 heterocycles. The fourth-order valence-corrected chi connectivity index (χ4v) is 4.69. The Labute approximate surface area is 164 Å². The molecule has 1 amide bonds. The van der Waals surface area contributed by atoms with Crippen LogP contribution in [-0.2, 0) is 0 Å². The molecule has 28 heavy (non-hydrogen) atoms. The number of hydrogen-bond donors (Lipinski definition) is 0. The van der Waals surface area contributed by atoms with Gasteiger partial charge in [0.25, 0.3) is 5.91 Å². The van der Waals surface area contributed by atoms with Crippen molar-refractivity contribution in [3.05, 3.63) is 36.4 Å². The number of carbonyl (C=O) groups is 1. The summed E-state index contributed by atoms with van der Waals surface area (Å²) in [5.41, 5.74) is 0.450. The number of likely N-dealkylation sites (tertiary alicyclic amines) is 1. The van der Waals surface area contributed by atoms with E-state index in [4.69, 9.17) is 0 Å². The van der Waals surface area contributed by atoms with Gasteiger partial charge in [-0.2, -0.15) is 0 Å². The van der Waals surface area contributed by atoms with E-state index in [2.05, 4.69) is 30.0 Å². The second-order valence-corrected chi connectivity index (χ2v) is 8.02. The molecule has 3 fully saturated rings. The molecule has 0 spiro atoms. The Morgan fingerprint density at radius 3 is 2.29 bits per heavy atom. The predicted molar refractivity (Wildman–Crippen MR) is 105 cm³/mol. The zero-order valence-electron chi connectivity index (χ0n) is 15.9. The van der Waals surface area contributed by atoms with E-state index < -0.39 is 0 Å². The van der Waals surface area contributed by atoms with Gasteiger partial charge in [-0.25, -0.2) is 4.98 Å². The molecule has 0 bridgehead atoms. The Morgan fingerprint density at radius 1 is 0.857 bits per heavy atom. The lowest BCUT2D eigenvalue weighted by Gasteiger charge is -2.27. The van der Waals surface area contributed by atoms with Crippen LogP contribution in [0.4, 0.5) is 11.6 Å². The molecule has 0 aromatic carbocycles. The largest absolute Gasteiger partial charge is 0.355 e. The number of amides is 1. The Balaban J connectivity index is 1.21. The van der Waals surface area contributed by atoms with Gasteiger partial charge in [0.05, 0.1) is 6.20 Å². The van der Waals surface area contributed by atoms with Crippen molar-refractivity contribution in [3.8, 4) is 0 Å². The van der Waals surface area contributed by atoms with Crippen molar-refractivity contribution in [1.82, 2.24) is 25.1 Å². The van der Waals surface area contributed by atoms with E-state index in [0.717, 1.165) is 50.9 Å². The van der Waals surface area contributed by atoms with Crippen LogP contribution in [0.15, 0.2) is 30.7 Å². The van der Waals surface area contributed by atoms with E-state index >= 15 is 0 Å². The number of fused-ring (bicyclic) bond motifs is 1. The van der Waals surface area contributed by atoms with Crippen LogP contribution >= 0.6 is 0 Å². The molecule has 5 rings (SSSR count). The minimum absolute atomic E-state index is 0.00172. The summed E-state index contributed by atoms with van der Waals surface area (Å²) in [7, 11) is 0. The van der Waals surface area contributed by atoms with Crippen LogP contribution in [0.2, 0.25) is 0 Å². The van der Waals surface area contributed by atoms with Gasteiger partial charge in [0.1, 0.15) is 5.82 Å². The molecule has 0 radical (unpaired) electrons. The molecule has 2 unspecified atom stereocenters. The van der Waals surface area contributed by atoms with E-state index in [-0.39, 0.29) is 5.91 Å². The SMILES string of the molecule is O=C(c1ccc(N2CCCCC2)nn1)N1CC2CN(c3cnccn3)CC2C1. The number of carbonyl (C=O) groups excluding carboxylic acids is 1. The molecule has 146 valence electrons. The van der Waals surface area contributed by atoms with Crippen molar-refractivity contribution in [1.29, 1.82) is 0 Å². The van der Waals surface area contributed by atoms with Gasteiger partial charge >= 0.3 is 0 Å². The van der Waals surface area contributed by atoms with Crippen LogP contribution in [-0.4, -0.2) is 70.2 Å². The molecule has 8 heteroatoms. The van der Waals surface area contributed by atoms with Crippen LogP contribution in [0.5, 0.6) is 0 Å². The highest BCUT2D eigenvalue weighted by atomic mass is 16.2. The number of anilines is 2. The third-order valence-corrected chi connectivity index (χ3v) is 6.20. The average Bonchev–Trinajstić information content (AvgIpc) is 3.34. The predicted octanol–water partition coefficient (Wildman–Crippen LogP) is 1.47. The minimum Gasteiger partial charge on any atom is -0.355 e. The highest BCUT2D eigenvalue weighted by Gasteiger charge is 2.42. The number of rotatable bonds is 3. The molecule has 2 atom stereocenters. The third kappa shape index (κ3) is 3.27. The molecule has 0 N–H and O–H groups in total. The van der Waals surface area contributed by atoms with Gasteiger partial charge in [-0.15, -0.1) is 10.2 Å². The third-order valence-electron chi connectivity index (χ3n) is 6.20. The summed E-state index contributed by atoms with van der Waals surface area (Å²) in [6.07, 6.45) is 8.91. The van der Waals surface area contributed by atoms with Gasteiger partial charge in [0.15, 0.2) is 11.5 Å². The summed E-state index contributed by atoms with van der Waals surface area (Å²) in [5, 5.41) is 8.57. The molecule has 0 saturated carbocycles. The van der Waals surface area contributed by atoms with Gasteiger partial charge in [-0.3, -0.25) is 9.78 Å². The summed E-state index contributed by atoms with van der Waals surface area (Å²) in [5.74, 6) is 2.76. The first-order valence-electron chi connectivity index (χ1n) is 10.2. The number of piperidine rings is 1. The van der Waals surface area contributed by atoms with Crippen molar-refractivity contribution < 1.29 is 4.79 Å². The Bertz CT molecular complexity index is 808. The molecule has 3 aliphatic heterocycles. The van der Waals surface area contributed by atoms with Gasteiger partial charge in [-0.1, -0.05) is 0 Å². The second kappa shape index (κ2) is 7.33. The first kappa shape index (κ1) is 17.3. The number of hydrogen-bond acceptors (Lipinski definition) is 7. The van der Waals surface area contributed by atoms with E-state index in [1.54, 1.807) is 12.4 Å². The average molecular weight is 379 g/mol. The standard InChI is InChI=1S/C20H25N7O/c28-20(17-4-5-18(24-23-17)25-8-2-1-3-9-25)27-13-15-11-26(12-16(15)14-27)19-10-21-6-7-22-19/h4-7,10,15-16H,1-3,8-9,11-14H2. The molecule has 8 nitrogen and oxygen atoms in total. The first-order chi connectivity index (χ1) is 13.8. The Kier molecular flexibility index (Phi) is 4.54. The zero-order valence-corrected chi connectivity index (χ0v) is 15.9. The van der Waals surface area contributed by atoms with E-state index in [1.807, 2.05) is 23.2 Å². The highest BCUT2D eigenvalue weighted by molar-refractivity contribution is 5.92. The summed E-state index contributed by atoms with van der Waals surface area (Å²) in [6.45, 7) is 5.45. The van der Waals surface area contributed by atoms with Crippen LogP contribution < -0.4 is 9.80 Å². The van der Waals surface area contributed by atoms with E-state index in [1.165, 1.54) is 19.3 Å². The quantitative estimate of drug-likeness (QED) is 0.799. The topological polar surface area (TPSA) is 78.4 Å². The van der Waals surface area contributed by atoms with Crippen molar-refractivity contribution in [2.45, 2.75) is 19.3 Å². The zero-order chi connectivity index (χ0) is 18.9. The first-order valence-corrected chi connectivity index (χ1v) is 10.2. The highest BCUT2D eigenvalue weighted by Crippen LogP contribution is 2.33. The van der Waals surface area contributed by atoms with Crippen LogP contribution in [0.1, 0.15) is 29.8 Å². The lowest BCUT2D eigenvalue weighted by Crippen LogP contribution is -2.34. The summed E-state index contributed by atoms with van der Waals surface area (Å²) in [4.78, 5) is 27.9. The van der Waals surface area contributed by atoms with Gasteiger partial charge in [0.2, 0.25) is 0 Å². The molecule has 3 saturated heterocycles. The number of aromatic nitrogens is 4. The molecule has 2 aromatic rings. The van der Waals surface area contributed by atoms with Crippen LogP contribution in [0.25, 0.3) is 0 Å². The van der Waals surface area contributed by atoms with Crippen LogP contribution in [0, 0.1) is 11.8 Å². The Hall–Kier alpha value is -2.77. The summed E-state index contributed by atoms with van der Waals surface area (Å²) in [6, 6.07) is 3.78. The van der Waals surface area contributed by atoms with Crippen molar-refractivity contribution >= 4 is 17.5 Å². The van der Waals surface area contributed by atoms with E-state index in [0.29, 0.717) is 17.5 Å².